The van der Waals surface area contributed by atoms with Crippen molar-refractivity contribution >= 4 is 11.7 Å². The van der Waals surface area contributed by atoms with Gasteiger partial charge in [0.1, 0.15) is 17.2 Å². The Morgan fingerprint density at radius 1 is 1.24 bits per heavy atom. The minimum atomic E-state index is -0.530. The van der Waals surface area contributed by atoms with Crippen LogP contribution in [0.5, 0.6) is 23.4 Å². The first kappa shape index (κ1) is 17.0. The summed E-state index contributed by atoms with van der Waals surface area (Å²) in [6, 6.07) is 6.49. The fraction of sp³-hybridized carbons (Fsp3) is 0.167. The van der Waals surface area contributed by atoms with Crippen LogP contribution in [0.25, 0.3) is 11.7 Å². The minimum Gasteiger partial charge on any atom is -0.508 e. The first-order valence-electron chi connectivity index (χ1n) is 8.85. The molecule has 4 N–H and O–H groups in total. The molecular formula is C18H15N7O4. The lowest BCUT2D eigenvalue weighted by atomic mass is 10.3. The molecule has 0 bridgehead atoms. The van der Waals surface area contributed by atoms with Crippen LogP contribution in [-0.4, -0.2) is 45.8 Å². The van der Waals surface area contributed by atoms with Gasteiger partial charge in [-0.05, 0) is 31.1 Å². The van der Waals surface area contributed by atoms with E-state index < -0.39 is 5.69 Å². The van der Waals surface area contributed by atoms with E-state index in [-0.39, 0.29) is 29.4 Å². The first-order valence-corrected chi connectivity index (χ1v) is 8.85. The van der Waals surface area contributed by atoms with Gasteiger partial charge < -0.3 is 19.9 Å². The van der Waals surface area contributed by atoms with E-state index in [9.17, 15) is 15.0 Å². The van der Waals surface area contributed by atoms with E-state index >= 15 is 0 Å². The lowest BCUT2D eigenvalue weighted by Gasteiger charge is -2.04. The number of fused-ring (bicyclic) bond motifs is 1. The molecule has 1 aromatic carbocycles. The van der Waals surface area contributed by atoms with Crippen LogP contribution in [-0.2, 0) is 0 Å². The first-order chi connectivity index (χ1) is 14.0. The number of nitrogens with one attached hydrogen (secondary N) is 2. The SMILES string of the molecule is O=c1[nH]c(O)c(C=c2cnn3c(=NC4CC4)nc(Oc4cccc(O)c4)nc23)[nH]1. The van der Waals surface area contributed by atoms with Crippen LogP contribution in [0, 0.1) is 0 Å². The van der Waals surface area contributed by atoms with Crippen LogP contribution in [0.15, 0.2) is 40.2 Å². The molecule has 0 atom stereocenters. The Kier molecular flexibility index (Phi) is 3.79. The lowest BCUT2D eigenvalue weighted by Crippen LogP contribution is -2.23. The summed E-state index contributed by atoms with van der Waals surface area (Å²) >= 11 is 0. The van der Waals surface area contributed by atoms with Crippen molar-refractivity contribution in [2.45, 2.75) is 18.9 Å². The summed E-state index contributed by atoms with van der Waals surface area (Å²) in [7, 11) is 0. The molecule has 5 rings (SSSR count). The van der Waals surface area contributed by atoms with Gasteiger partial charge in [-0.2, -0.15) is 19.6 Å². The van der Waals surface area contributed by atoms with Gasteiger partial charge in [-0.15, -0.1) is 0 Å². The Labute approximate surface area is 161 Å². The highest BCUT2D eigenvalue weighted by atomic mass is 16.5. The van der Waals surface area contributed by atoms with Gasteiger partial charge in [0.25, 0.3) is 5.62 Å². The molecule has 11 heteroatoms. The molecule has 0 spiro atoms. The Morgan fingerprint density at radius 2 is 2.10 bits per heavy atom. The maximum Gasteiger partial charge on any atom is 0.327 e. The number of H-pyrrole nitrogens is 2. The van der Waals surface area contributed by atoms with Gasteiger partial charge in [0.15, 0.2) is 5.65 Å². The predicted octanol–water partition coefficient (Wildman–Crippen LogP) is -0.0450. The highest BCUT2D eigenvalue weighted by Crippen LogP contribution is 2.23. The van der Waals surface area contributed by atoms with Crippen molar-refractivity contribution in [3.05, 3.63) is 57.5 Å². The van der Waals surface area contributed by atoms with Crippen molar-refractivity contribution < 1.29 is 14.9 Å². The number of aromatic amines is 2. The molecule has 1 fully saturated rings. The van der Waals surface area contributed by atoms with Gasteiger partial charge in [0, 0.05) is 11.3 Å². The summed E-state index contributed by atoms with van der Waals surface area (Å²) in [5, 5.41) is 24.2. The van der Waals surface area contributed by atoms with Gasteiger partial charge in [-0.3, -0.25) is 4.98 Å². The zero-order valence-corrected chi connectivity index (χ0v) is 14.9. The van der Waals surface area contributed by atoms with Crippen molar-refractivity contribution in [2.24, 2.45) is 4.99 Å². The van der Waals surface area contributed by atoms with E-state index in [2.05, 4.69) is 30.0 Å². The molecular weight excluding hydrogens is 378 g/mol. The second-order valence-corrected chi connectivity index (χ2v) is 6.59. The van der Waals surface area contributed by atoms with E-state index in [0.717, 1.165) is 12.8 Å². The van der Waals surface area contributed by atoms with Gasteiger partial charge in [0.05, 0.1) is 12.2 Å². The molecule has 1 saturated carbocycles. The highest BCUT2D eigenvalue weighted by Gasteiger charge is 2.21. The molecule has 0 amide bonds. The third-order valence-corrected chi connectivity index (χ3v) is 4.26. The fourth-order valence-corrected chi connectivity index (χ4v) is 2.76. The van der Waals surface area contributed by atoms with E-state index in [4.69, 9.17) is 4.74 Å². The van der Waals surface area contributed by atoms with E-state index in [1.54, 1.807) is 12.1 Å². The van der Waals surface area contributed by atoms with Gasteiger partial charge in [0.2, 0.25) is 5.88 Å². The number of hydrogen-bond acceptors (Lipinski definition) is 8. The number of benzene rings is 1. The predicted molar refractivity (Wildman–Crippen MR) is 99.4 cm³/mol. The molecule has 0 unspecified atom stereocenters. The number of aromatic hydroxyl groups is 2. The van der Waals surface area contributed by atoms with Gasteiger partial charge >= 0.3 is 11.7 Å². The van der Waals surface area contributed by atoms with Crippen molar-refractivity contribution in [3.63, 3.8) is 0 Å². The molecule has 3 aromatic heterocycles. The summed E-state index contributed by atoms with van der Waals surface area (Å²) in [5.74, 6) is 0.128. The van der Waals surface area contributed by atoms with Crippen LogP contribution in [0.2, 0.25) is 0 Å². The van der Waals surface area contributed by atoms with Crippen LogP contribution in [0.3, 0.4) is 0 Å². The number of aromatic nitrogens is 6. The molecule has 1 aliphatic rings. The molecule has 0 radical (unpaired) electrons. The van der Waals surface area contributed by atoms with Crippen LogP contribution in [0.1, 0.15) is 18.5 Å². The Hall–Kier alpha value is -4.15. The van der Waals surface area contributed by atoms with Crippen molar-refractivity contribution in [1.82, 2.24) is 29.5 Å². The summed E-state index contributed by atoms with van der Waals surface area (Å²) in [6.45, 7) is 0. The number of rotatable bonds is 4. The smallest absolute Gasteiger partial charge is 0.327 e. The molecule has 0 aliphatic heterocycles. The number of imidazole rings is 1. The minimum absolute atomic E-state index is 0.0319. The normalized spacial score (nSPS) is 15.3. The average Bonchev–Trinajstić information content (AvgIpc) is 3.31. The lowest BCUT2D eigenvalue weighted by molar-refractivity contribution is 0.426. The maximum atomic E-state index is 11.4. The summed E-state index contributed by atoms with van der Waals surface area (Å²) in [4.78, 5) is 29.4. The standard InChI is InChI=1S/C18H15N7O4/c26-11-2-1-3-12(7-11)29-18-22-14-9(6-13-15(27)23-17(28)21-13)8-19-25(14)16(24-18)20-10-4-5-10/h1-3,6-8,10,26-27H,4-5H2,(H2,21,23,28). The maximum absolute atomic E-state index is 11.4. The number of hydrogen-bond donors (Lipinski definition) is 4. The largest absolute Gasteiger partial charge is 0.508 e. The highest BCUT2D eigenvalue weighted by molar-refractivity contribution is 5.56. The molecule has 4 aromatic rings. The third kappa shape index (κ3) is 3.40. The van der Waals surface area contributed by atoms with Crippen molar-refractivity contribution in [3.8, 4) is 23.4 Å². The second kappa shape index (κ2) is 6.48. The average molecular weight is 393 g/mol. The van der Waals surface area contributed by atoms with E-state index in [1.165, 1.54) is 28.9 Å². The number of nitrogens with zero attached hydrogens (tertiary/aromatic N) is 5. The summed E-state index contributed by atoms with van der Waals surface area (Å²) in [6.07, 6.45) is 5.01. The van der Waals surface area contributed by atoms with Crippen LogP contribution < -0.4 is 21.3 Å². The monoisotopic (exact) mass is 393 g/mol. The Bertz CT molecular complexity index is 1400. The summed E-state index contributed by atoms with van der Waals surface area (Å²) in [5.41, 5.74) is 0.381. The molecule has 1 aliphatic carbocycles. The van der Waals surface area contributed by atoms with E-state index in [0.29, 0.717) is 22.2 Å². The zero-order valence-electron chi connectivity index (χ0n) is 14.9. The Morgan fingerprint density at radius 3 is 2.83 bits per heavy atom. The molecule has 0 saturated heterocycles. The van der Waals surface area contributed by atoms with Crippen molar-refractivity contribution in [1.29, 1.82) is 0 Å². The summed E-state index contributed by atoms with van der Waals surface area (Å²) < 4.78 is 7.18. The van der Waals surface area contributed by atoms with Crippen LogP contribution in [0.4, 0.5) is 0 Å². The molecule has 11 nitrogen and oxygen atoms in total. The van der Waals surface area contributed by atoms with Crippen LogP contribution >= 0.6 is 0 Å². The topological polar surface area (TPSA) is 154 Å². The van der Waals surface area contributed by atoms with Gasteiger partial charge in [-0.1, -0.05) is 6.07 Å². The van der Waals surface area contributed by atoms with Crippen molar-refractivity contribution in [2.75, 3.05) is 0 Å². The van der Waals surface area contributed by atoms with Gasteiger partial charge in [-0.25, -0.2) is 9.79 Å². The fourth-order valence-electron chi connectivity index (χ4n) is 2.76. The number of phenolic OH excluding ortho intramolecular Hbond substituents is 1. The molecule has 146 valence electrons. The number of phenols is 1. The molecule has 3 heterocycles. The molecule has 29 heavy (non-hydrogen) atoms. The third-order valence-electron chi connectivity index (χ3n) is 4.26. The number of ether oxygens (including phenoxy) is 1. The quantitative estimate of drug-likeness (QED) is 0.379. The second-order valence-electron chi connectivity index (χ2n) is 6.59. The van der Waals surface area contributed by atoms with E-state index in [1.807, 2.05) is 0 Å². The zero-order chi connectivity index (χ0) is 20.0. The Balaban J connectivity index is 1.68.